The van der Waals surface area contributed by atoms with Gasteiger partial charge in [0.05, 0.1) is 12.1 Å². The highest BCUT2D eigenvalue weighted by Crippen LogP contribution is 2.34. The average molecular weight is 340 g/mol. The molecule has 0 aliphatic carbocycles. The number of benzene rings is 1. The highest BCUT2D eigenvalue weighted by molar-refractivity contribution is 6.07. The molecule has 1 aliphatic heterocycles. The third-order valence-electron chi connectivity index (χ3n) is 3.51. The molecular weight excluding hydrogens is 328 g/mol. The topological polar surface area (TPSA) is 42.4 Å². The Labute approximate surface area is 134 Å². The van der Waals surface area contributed by atoms with Crippen LogP contribution in [0, 0.1) is 5.82 Å². The van der Waals surface area contributed by atoms with Crippen LogP contribution in [0.1, 0.15) is 22.8 Å². The van der Waals surface area contributed by atoms with Gasteiger partial charge >= 0.3 is 6.18 Å². The van der Waals surface area contributed by atoms with Gasteiger partial charge in [0.1, 0.15) is 17.6 Å². The summed E-state index contributed by atoms with van der Waals surface area (Å²) in [5, 5.41) is 0. The molecule has 0 bridgehead atoms. The summed E-state index contributed by atoms with van der Waals surface area (Å²) in [6.45, 7) is 1.82. The van der Waals surface area contributed by atoms with Crippen LogP contribution in [-0.2, 0) is 6.18 Å². The van der Waals surface area contributed by atoms with Gasteiger partial charge in [-0.25, -0.2) is 9.37 Å². The zero-order chi connectivity index (χ0) is 17.5. The van der Waals surface area contributed by atoms with E-state index in [0.717, 1.165) is 6.07 Å². The lowest BCUT2D eigenvalue weighted by molar-refractivity contribution is -0.137. The van der Waals surface area contributed by atoms with Crippen LogP contribution in [0.3, 0.4) is 0 Å². The van der Waals surface area contributed by atoms with E-state index in [0.29, 0.717) is 17.8 Å². The lowest BCUT2D eigenvalue weighted by atomic mass is 10.1. The number of carbonyl (C=O) groups excluding carboxylic acids is 1. The maximum absolute atomic E-state index is 13.6. The Bertz CT molecular complexity index is 792. The summed E-state index contributed by atoms with van der Waals surface area (Å²) in [5.74, 6) is -1.66. The zero-order valence-corrected chi connectivity index (χ0v) is 12.5. The van der Waals surface area contributed by atoms with E-state index in [4.69, 9.17) is 4.74 Å². The first-order chi connectivity index (χ1) is 11.3. The molecule has 0 radical (unpaired) electrons. The summed E-state index contributed by atoms with van der Waals surface area (Å²) >= 11 is 0. The molecule has 8 heteroatoms. The van der Waals surface area contributed by atoms with E-state index in [9.17, 15) is 22.4 Å². The number of hydrogen-bond donors (Lipinski definition) is 0. The van der Waals surface area contributed by atoms with Gasteiger partial charge in [-0.2, -0.15) is 13.2 Å². The third-order valence-corrected chi connectivity index (χ3v) is 3.51. The number of ether oxygens (including phenoxy) is 1. The molecule has 0 saturated heterocycles. The maximum Gasteiger partial charge on any atom is 0.416 e. The Morgan fingerprint density at radius 2 is 2.08 bits per heavy atom. The summed E-state index contributed by atoms with van der Waals surface area (Å²) < 4.78 is 57.5. The van der Waals surface area contributed by atoms with Crippen molar-refractivity contribution in [2.24, 2.45) is 0 Å². The second-order valence-corrected chi connectivity index (χ2v) is 5.40. The van der Waals surface area contributed by atoms with Crippen molar-refractivity contribution in [3.8, 4) is 5.88 Å². The molecule has 1 aromatic heterocycles. The van der Waals surface area contributed by atoms with E-state index in [2.05, 4.69) is 4.98 Å². The molecule has 0 saturated carbocycles. The molecule has 3 rings (SSSR count). The van der Waals surface area contributed by atoms with Gasteiger partial charge in [0.15, 0.2) is 0 Å². The maximum atomic E-state index is 13.6. The van der Waals surface area contributed by atoms with Gasteiger partial charge in [0, 0.05) is 11.8 Å². The van der Waals surface area contributed by atoms with Crippen LogP contribution in [0.4, 0.5) is 23.2 Å². The second kappa shape index (κ2) is 5.77. The number of halogens is 4. The highest BCUT2D eigenvalue weighted by atomic mass is 19.4. The number of anilines is 1. The Morgan fingerprint density at radius 3 is 2.79 bits per heavy atom. The Morgan fingerprint density at radius 1 is 1.33 bits per heavy atom. The van der Waals surface area contributed by atoms with Gasteiger partial charge in [0.2, 0.25) is 5.88 Å². The number of alkyl halides is 3. The molecule has 1 unspecified atom stereocenters. The van der Waals surface area contributed by atoms with Crippen LogP contribution in [0.15, 0.2) is 36.5 Å². The fourth-order valence-corrected chi connectivity index (χ4v) is 2.49. The van der Waals surface area contributed by atoms with Crippen LogP contribution < -0.4 is 9.64 Å². The lowest BCUT2D eigenvalue weighted by Gasteiger charge is -2.32. The molecule has 1 amide bonds. The van der Waals surface area contributed by atoms with Crippen LogP contribution >= 0.6 is 0 Å². The van der Waals surface area contributed by atoms with E-state index >= 15 is 0 Å². The van der Waals surface area contributed by atoms with Crippen LogP contribution in [0.2, 0.25) is 0 Å². The predicted molar refractivity (Wildman–Crippen MR) is 77.4 cm³/mol. The molecule has 0 fully saturated rings. The first-order valence-electron chi connectivity index (χ1n) is 7.07. The average Bonchev–Trinajstić information content (AvgIpc) is 2.52. The van der Waals surface area contributed by atoms with Gasteiger partial charge < -0.3 is 4.74 Å². The molecule has 0 spiro atoms. The fourth-order valence-electron chi connectivity index (χ4n) is 2.49. The molecule has 1 atom stereocenters. The van der Waals surface area contributed by atoms with Gasteiger partial charge in [-0.3, -0.25) is 9.69 Å². The standard InChI is InChI=1S/C16H12F4N2O2/c1-9-8-22(13-3-2-4-21-14(13)24-9)15(23)10-5-11(16(18,19)20)7-12(17)6-10/h2-7,9H,8H2,1H3. The molecule has 126 valence electrons. The lowest BCUT2D eigenvalue weighted by Crippen LogP contribution is -2.42. The van der Waals surface area contributed by atoms with Gasteiger partial charge in [-0.15, -0.1) is 0 Å². The van der Waals surface area contributed by atoms with Crippen molar-refractivity contribution in [2.75, 3.05) is 11.4 Å². The summed E-state index contributed by atoms with van der Waals surface area (Å²) in [4.78, 5) is 17.9. The molecule has 4 nitrogen and oxygen atoms in total. The smallest absolute Gasteiger partial charge is 0.416 e. The van der Waals surface area contributed by atoms with Crippen molar-refractivity contribution < 1.29 is 27.1 Å². The SMILES string of the molecule is CC1CN(C(=O)c2cc(F)cc(C(F)(F)F)c2)c2cccnc2O1. The highest BCUT2D eigenvalue weighted by Gasteiger charge is 2.34. The van der Waals surface area contributed by atoms with Crippen LogP contribution in [0.25, 0.3) is 0 Å². The summed E-state index contributed by atoms with van der Waals surface area (Å²) in [5.41, 5.74) is -1.26. The minimum Gasteiger partial charge on any atom is -0.471 e. The number of aromatic nitrogens is 1. The number of pyridine rings is 1. The van der Waals surface area contributed by atoms with Crippen molar-refractivity contribution in [1.82, 2.24) is 4.98 Å². The summed E-state index contributed by atoms with van der Waals surface area (Å²) in [6.07, 6.45) is -3.66. The largest absolute Gasteiger partial charge is 0.471 e. The molecule has 1 aliphatic rings. The first kappa shape index (κ1) is 16.2. The Kier molecular flexibility index (Phi) is 3.90. The number of fused-ring (bicyclic) bond motifs is 1. The van der Waals surface area contributed by atoms with Crippen molar-refractivity contribution >= 4 is 11.6 Å². The summed E-state index contributed by atoms with van der Waals surface area (Å²) in [7, 11) is 0. The molecule has 0 N–H and O–H groups in total. The quantitative estimate of drug-likeness (QED) is 0.744. The van der Waals surface area contributed by atoms with Gasteiger partial charge in [0.25, 0.3) is 5.91 Å². The van der Waals surface area contributed by atoms with E-state index < -0.39 is 29.6 Å². The Hall–Kier alpha value is -2.64. The normalized spacial score (nSPS) is 17.2. The van der Waals surface area contributed by atoms with Crippen molar-refractivity contribution in [1.29, 1.82) is 0 Å². The summed E-state index contributed by atoms with van der Waals surface area (Å²) in [6, 6.07) is 4.92. The van der Waals surface area contributed by atoms with Crippen LogP contribution in [0.5, 0.6) is 5.88 Å². The third kappa shape index (κ3) is 3.04. The van der Waals surface area contributed by atoms with E-state index in [-0.39, 0.29) is 18.0 Å². The van der Waals surface area contributed by atoms with E-state index in [1.165, 1.54) is 11.1 Å². The first-order valence-corrected chi connectivity index (χ1v) is 7.07. The molecule has 2 aromatic rings. The monoisotopic (exact) mass is 340 g/mol. The second-order valence-electron chi connectivity index (χ2n) is 5.40. The number of hydrogen-bond acceptors (Lipinski definition) is 3. The van der Waals surface area contributed by atoms with Crippen molar-refractivity contribution in [3.63, 3.8) is 0 Å². The van der Waals surface area contributed by atoms with Crippen molar-refractivity contribution in [3.05, 3.63) is 53.5 Å². The number of carbonyl (C=O) groups is 1. The van der Waals surface area contributed by atoms with E-state index in [1.807, 2.05) is 0 Å². The molecular formula is C16H12F4N2O2. The number of nitrogens with zero attached hydrogens (tertiary/aromatic N) is 2. The number of amides is 1. The van der Waals surface area contributed by atoms with Gasteiger partial charge in [-0.1, -0.05) is 0 Å². The molecule has 2 heterocycles. The van der Waals surface area contributed by atoms with E-state index in [1.54, 1.807) is 19.1 Å². The van der Waals surface area contributed by atoms with Crippen molar-refractivity contribution in [2.45, 2.75) is 19.2 Å². The molecule has 24 heavy (non-hydrogen) atoms. The molecule has 1 aromatic carbocycles. The van der Waals surface area contributed by atoms with Gasteiger partial charge in [-0.05, 0) is 37.3 Å². The Balaban J connectivity index is 2.03. The van der Waals surface area contributed by atoms with Crippen LogP contribution in [-0.4, -0.2) is 23.5 Å². The minimum atomic E-state index is -4.74. The predicted octanol–water partition coefficient (Wildman–Crippen LogP) is 3.67. The zero-order valence-electron chi connectivity index (χ0n) is 12.5. The number of rotatable bonds is 1. The minimum absolute atomic E-state index is 0.120. The fraction of sp³-hybridized carbons (Fsp3) is 0.250.